The van der Waals surface area contributed by atoms with Gasteiger partial charge in [-0.15, -0.1) is 0 Å². The van der Waals surface area contributed by atoms with Gasteiger partial charge in [-0.05, 0) is 48.2 Å². The zero-order valence-corrected chi connectivity index (χ0v) is 18.8. The zero-order valence-electron chi connectivity index (χ0n) is 18.8. The van der Waals surface area contributed by atoms with Gasteiger partial charge >= 0.3 is 6.61 Å². The van der Waals surface area contributed by atoms with Gasteiger partial charge in [0.25, 0.3) is 5.91 Å². The number of aliphatic imine (C=N–C) groups is 1. The number of nitrogens with zero attached hydrogens (tertiary/aromatic N) is 2. The lowest BCUT2D eigenvalue weighted by molar-refractivity contribution is -0.0512. The van der Waals surface area contributed by atoms with Crippen molar-refractivity contribution in [3.05, 3.63) is 59.2 Å². The fraction of sp³-hybridized carbons (Fsp3) is 0.391. The smallest absolute Gasteiger partial charge is 0.387 e. The van der Waals surface area contributed by atoms with Crippen molar-refractivity contribution in [1.82, 2.24) is 15.5 Å². The molecule has 0 heterocycles. The molecule has 2 aromatic rings. The van der Waals surface area contributed by atoms with Gasteiger partial charge in [-0.1, -0.05) is 18.2 Å². The van der Waals surface area contributed by atoms with Crippen LogP contribution in [0.5, 0.6) is 11.5 Å². The Kier molecular flexibility index (Phi) is 9.72. The second-order valence-electron chi connectivity index (χ2n) is 7.19. The van der Waals surface area contributed by atoms with E-state index in [-0.39, 0.29) is 17.4 Å². The average Bonchev–Trinajstić information content (AvgIpc) is 2.77. The summed E-state index contributed by atoms with van der Waals surface area (Å²) >= 11 is 0. The quantitative estimate of drug-likeness (QED) is 0.432. The zero-order chi connectivity index (χ0) is 23.5. The number of methoxy groups -OCH3 is 1. The number of ether oxygens (including phenoxy) is 2. The molecule has 0 saturated heterocycles. The first-order chi connectivity index (χ1) is 15.3. The summed E-state index contributed by atoms with van der Waals surface area (Å²) in [6, 6.07) is 12.5. The van der Waals surface area contributed by atoms with E-state index >= 15 is 0 Å². The average molecular weight is 449 g/mol. The summed E-state index contributed by atoms with van der Waals surface area (Å²) < 4.78 is 34.7. The van der Waals surface area contributed by atoms with E-state index in [0.29, 0.717) is 31.0 Å². The van der Waals surface area contributed by atoms with E-state index in [0.717, 1.165) is 17.5 Å². The minimum absolute atomic E-state index is 0.0116. The summed E-state index contributed by atoms with van der Waals surface area (Å²) in [5.74, 6) is 0.870. The molecule has 0 aliphatic heterocycles. The Morgan fingerprint density at radius 3 is 2.25 bits per heavy atom. The fourth-order valence-electron chi connectivity index (χ4n) is 3.05. The second kappa shape index (κ2) is 12.5. The van der Waals surface area contributed by atoms with Crippen LogP contribution in [0.25, 0.3) is 0 Å². The van der Waals surface area contributed by atoms with Crippen LogP contribution in [0.2, 0.25) is 0 Å². The normalized spacial score (nSPS) is 11.3. The lowest BCUT2D eigenvalue weighted by atomic mass is 10.1. The molecule has 32 heavy (non-hydrogen) atoms. The molecule has 0 atom stereocenters. The Bertz CT molecular complexity index is 920. The molecular formula is C23H30F2N4O3. The van der Waals surface area contributed by atoms with Gasteiger partial charge < -0.3 is 25.0 Å². The van der Waals surface area contributed by atoms with Crippen molar-refractivity contribution in [3.8, 4) is 11.5 Å². The maximum absolute atomic E-state index is 12.6. The van der Waals surface area contributed by atoms with Crippen LogP contribution < -0.4 is 20.1 Å². The summed E-state index contributed by atoms with van der Waals surface area (Å²) in [7, 11) is 6.53. The summed E-state index contributed by atoms with van der Waals surface area (Å²) in [4.78, 5) is 17.8. The van der Waals surface area contributed by atoms with Crippen molar-refractivity contribution in [2.75, 3.05) is 41.3 Å². The Morgan fingerprint density at radius 1 is 1.03 bits per heavy atom. The number of amides is 1. The maximum atomic E-state index is 12.6. The summed E-state index contributed by atoms with van der Waals surface area (Å²) in [6.07, 6.45) is 1.31. The van der Waals surface area contributed by atoms with E-state index in [1.54, 1.807) is 50.3 Å². The highest BCUT2D eigenvalue weighted by Gasteiger charge is 2.11. The van der Waals surface area contributed by atoms with Gasteiger partial charge in [0.15, 0.2) is 17.5 Å². The Balaban J connectivity index is 1.83. The number of alkyl halides is 2. The largest absolute Gasteiger partial charge is 0.493 e. The highest BCUT2D eigenvalue weighted by molar-refractivity contribution is 5.94. The molecule has 1 amide bonds. The predicted molar refractivity (Wildman–Crippen MR) is 121 cm³/mol. The van der Waals surface area contributed by atoms with E-state index in [9.17, 15) is 13.6 Å². The molecule has 0 aliphatic rings. The number of hydrogen-bond acceptors (Lipinski definition) is 4. The molecule has 0 unspecified atom stereocenters. The molecule has 0 fully saturated rings. The minimum Gasteiger partial charge on any atom is -0.493 e. The SMILES string of the molecule is CN=C(NCCc1cccc(C(=O)N(C)C)c1)NCCc1ccc(OC)c(OC(F)F)c1. The molecule has 7 nitrogen and oxygen atoms in total. The van der Waals surface area contributed by atoms with Crippen LogP contribution in [0.4, 0.5) is 8.78 Å². The summed E-state index contributed by atoms with van der Waals surface area (Å²) in [6.45, 7) is -1.73. The number of carbonyl (C=O) groups excluding carboxylic acids is 1. The molecule has 2 rings (SSSR count). The molecule has 2 aromatic carbocycles. The topological polar surface area (TPSA) is 75.2 Å². The van der Waals surface area contributed by atoms with Crippen molar-refractivity contribution in [3.63, 3.8) is 0 Å². The highest BCUT2D eigenvalue weighted by Crippen LogP contribution is 2.29. The third-order valence-corrected chi connectivity index (χ3v) is 4.66. The van der Waals surface area contributed by atoms with Gasteiger partial charge in [-0.2, -0.15) is 8.78 Å². The van der Waals surface area contributed by atoms with Crippen molar-refractivity contribution >= 4 is 11.9 Å². The van der Waals surface area contributed by atoms with Gasteiger partial charge in [-0.3, -0.25) is 9.79 Å². The van der Waals surface area contributed by atoms with Crippen molar-refractivity contribution < 1.29 is 23.0 Å². The molecule has 0 aliphatic carbocycles. The van der Waals surface area contributed by atoms with Crippen LogP contribution in [-0.2, 0) is 12.8 Å². The minimum atomic E-state index is -2.91. The van der Waals surface area contributed by atoms with E-state index in [4.69, 9.17) is 4.74 Å². The predicted octanol–water partition coefficient (Wildman–Crippen LogP) is 2.95. The number of halogens is 2. The molecular weight excluding hydrogens is 418 g/mol. The van der Waals surface area contributed by atoms with Gasteiger partial charge in [0, 0.05) is 39.8 Å². The van der Waals surface area contributed by atoms with Gasteiger partial charge in [0.05, 0.1) is 7.11 Å². The third kappa shape index (κ3) is 7.72. The Labute approximate surface area is 187 Å². The number of carbonyl (C=O) groups is 1. The summed E-state index contributed by atoms with van der Waals surface area (Å²) in [5, 5.41) is 6.43. The molecule has 9 heteroatoms. The van der Waals surface area contributed by atoms with Crippen LogP contribution in [0.15, 0.2) is 47.5 Å². The van der Waals surface area contributed by atoms with Crippen LogP contribution >= 0.6 is 0 Å². The van der Waals surface area contributed by atoms with Crippen molar-refractivity contribution in [2.24, 2.45) is 4.99 Å². The van der Waals surface area contributed by atoms with Crippen LogP contribution in [0, 0.1) is 0 Å². The van der Waals surface area contributed by atoms with E-state index in [1.807, 2.05) is 18.2 Å². The van der Waals surface area contributed by atoms with E-state index in [2.05, 4.69) is 20.4 Å². The highest BCUT2D eigenvalue weighted by atomic mass is 19.3. The number of rotatable bonds is 10. The van der Waals surface area contributed by atoms with Crippen LogP contribution in [0.1, 0.15) is 21.5 Å². The molecule has 2 N–H and O–H groups in total. The van der Waals surface area contributed by atoms with Crippen molar-refractivity contribution in [1.29, 1.82) is 0 Å². The first kappa shape index (κ1) is 24.9. The third-order valence-electron chi connectivity index (χ3n) is 4.66. The molecule has 174 valence electrons. The lowest BCUT2D eigenvalue weighted by Crippen LogP contribution is -2.39. The van der Waals surface area contributed by atoms with Gasteiger partial charge in [0.1, 0.15) is 0 Å². The molecule has 0 spiro atoms. The molecule has 0 radical (unpaired) electrons. The number of benzene rings is 2. The Morgan fingerprint density at radius 2 is 1.69 bits per heavy atom. The second-order valence-corrected chi connectivity index (χ2v) is 7.19. The standard InChI is InChI=1S/C23H30F2N4O3/c1-26-23(27-12-10-16-6-5-7-18(14-16)21(30)29(2)3)28-13-11-17-8-9-19(31-4)20(15-17)32-22(24)25/h5-9,14-15,22H,10-13H2,1-4H3,(H2,26,27,28). The first-order valence-corrected chi connectivity index (χ1v) is 10.2. The number of hydrogen-bond donors (Lipinski definition) is 2. The monoisotopic (exact) mass is 448 g/mol. The fourth-order valence-corrected chi connectivity index (χ4v) is 3.05. The molecule has 0 aromatic heterocycles. The number of guanidine groups is 1. The number of nitrogens with one attached hydrogen (secondary N) is 2. The van der Waals surface area contributed by atoms with Gasteiger partial charge in [-0.25, -0.2) is 0 Å². The lowest BCUT2D eigenvalue weighted by Gasteiger charge is -2.14. The Hall–Kier alpha value is -3.36. The first-order valence-electron chi connectivity index (χ1n) is 10.2. The van der Waals surface area contributed by atoms with E-state index < -0.39 is 6.61 Å². The molecule has 0 bridgehead atoms. The summed E-state index contributed by atoms with van der Waals surface area (Å²) in [5.41, 5.74) is 2.53. The van der Waals surface area contributed by atoms with Gasteiger partial charge in [0.2, 0.25) is 0 Å². The van der Waals surface area contributed by atoms with Crippen LogP contribution in [0.3, 0.4) is 0 Å². The van der Waals surface area contributed by atoms with Crippen LogP contribution in [-0.4, -0.2) is 64.7 Å². The van der Waals surface area contributed by atoms with E-state index in [1.165, 1.54) is 7.11 Å². The molecule has 0 saturated carbocycles. The maximum Gasteiger partial charge on any atom is 0.387 e. The van der Waals surface area contributed by atoms with Crippen molar-refractivity contribution in [2.45, 2.75) is 19.5 Å².